The molecule has 0 saturated heterocycles. The first-order valence-corrected chi connectivity index (χ1v) is 8.29. The number of aliphatic carboxylic acids is 1. The molecule has 1 aliphatic rings. The van der Waals surface area contributed by atoms with Gasteiger partial charge in [-0.25, -0.2) is 9.59 Å². The van der Waals surface area contributed by atoms with E-state index in [9.17, 15) is 24.3 Å². The summed E-state index contributed by atoms with van der Waals surface area (Å²) < 4.78 is 4.99. The van der Waals surface area contributed by atoms with Crippen LogP contribution in [0, 0.1) is 0 Å². The molecule has 0 spiro atoms. The van der Waals surface area contributed by atoms with Gasteiger partial charge in [-0.1, -0.05) is 13.8 Å². The Labute approximate surface area is 153 Å². The van der Waals surface area contributed by atoms with Crippen LogP contribution >= 0.6 is 12.6 Å². The molecule has 0 fully saturated rings. The summed E-state index contributed by atoms with van der Waals surface area (Å²) in [6, 6.07) is -1.40. The van der Waals surface area contributed by atoms with Gasteiger partial charge in [0.1, 0.15) is 6.04 Å². The Morgan fingerprint density at radius 1 is 1.20 bits per heavy atom. The Morgan fingerprint density at radius 2 is 1.64 bits per heavy atom. The quantitative estimate of drug-likeness (QED) is 0.372. The van der Waals surface area contributed by atoms with Gasteiger partial charge in [-0.3, -0.25) is 14.5 Å². The van der Waals surface area contributed by atoms with Gasteiger partial charge >= 0.3 is 12.1 Å². The molecule has 8 nitrogen and oxygen atoms in total. The molecule has 0 bridgehead atoms. The normalized spacial score (nSPS) is 15.4. The van der Waals surface area contributed by atoms with Gasteiger partial charge in [0.2, 0.25) is 0 Å². The number of nitrogens with zero attached hydrogens (tertiary/aromatic N) is 1. The van der Waals surface area contributed by atoms with Crippen molar-refractivity contribution >= 4 is 36.5 Å². The Hall–Kier alpha value is -2.03. The molecule has 1 rings (SSSR count). The van der Waals surface area contributed by atoms with Gasteiger partial charge in [0.05, 0.1) is 0 Å². The second-order valence-electron chi connectivity index (χ2n) is 6.28. The van der Waals surface area contributed by atoms with E-state index in [0.29, 0.717) is 4.90 Å². The SMILES string of the molecule is CC.CC(C)(CC(C(=O)O)N1C(=O)C=CC1=O)NC(=O)OC(C)(C)S. The fourth-order valence-electron chi connectivity index (χ4n) is 2.07. The maximum Gasteiger partial charge on any atom is 0.408 e. The molecule has 1 atom stereocenters. The van der Waals surface area contributed by atoms with Crippen LogP contribution in [0.5, 0.6) is 0 Å². The van der Waals surface area contributed by atoms with Crippen LogP contribution in [-0.2, 0) is 19.1 Å². The number of carbonyl (C=O) groups excluding carboxylic acids is 3. The van der Waals surface area contributed by atoms with Crippen LogP contribution in [0.3, 0.4) is 0 Å². The number of carboxylic acid groups (broad SMARTS) is 1. The number of hydrogen-bond acceptors (Lipinski definition) is 6. The van der Waals surface area contributed by atoms with Gasteiger partial charge in [0.25, 0.3) is 11.8 Å². The van der Waals surface area contributed by atoms with Gasteiger partial charge in [0, 0.05) is 24.1 Å². The van der Waals surface area contributed by atoms with Crippen LogP contribution in [-0.4, -0.2) is 50.4 Å². The molecule has 142 valence electrons. The number of thiol groups is 1. The third kappa shape index (κ3) is 7.59. The third-order valence-electron chi connectivity index (χ3n) is 2.93. The Balaban J connectivity index is 0.00000277. The van der Waals surface area contributed by atoms with Crippen molar-refractivity contribution in [2.24, 2.45) is 0 Å². The van der Waals surface area contributed by atoms with Crippen molar-refractivity contribution in [1.82, 2.24) is 10.2 Å². The van der Waals surface area contributed by atoms with Crippen molar-refractivity contribution in [3.8, 4) is 0 Å². The minimum absolute atomic E-state index is 0.177. The molecule has 2 N–H and O–H groups in total. The molecule has 3 amide bonds. The minimum Gasteiger partial charge on any atom is -0.480 e. The fraction of sp³-hybridized carbons (Fsp3) is 0.625. The van der Waals surface area contributed by atoms with Crippen LogP contribution in [0.4, 0.5) is 4.79 Å². The van der Waals surface area contributed by atoms with Crippen LogP contribution in [0.2, 0.25) is 0 Å². The highest BCUT2D eigenvalue weighted by atomic mass is 32.1. The maximum absolute atomic E-state index is 11.8. The topological polar surface area (TPSA) is 113 Å². The van der Waals surface area contributed by atoms with Crippen molar-refractivity contribution in [2.45, 2.75) is 64.5 Å². The second-order valence-corrected chi connectivity index (χ2v) is 7.36. The Morgan fingerprint density at radius 3 is 2.00 bits per heavy atom. The molecule has 0 aromatic heterocycles. The number of rotatable bonds is 6. The number of hydrogen-bond donors (Lipinski definition) is 3. The Kier molecular flexibility index (Phi) is 8.17. The first-order chi connectivity index (χ1) is 11.3. The minimum atomic E-state index is -1.40. The van der Waals surface area contributed by atoms with Crippen molar-refractivity contribution in [1.29, 1.82) is 0 Å². The van der Waals surface area contributed by atoms with E-state index < -0.39 is 40.4 Å². The van der Waals surface area contributed by atoms with Crippen LogP contribution in [0.1, 0.15) is 48.0 Å². The predicted molar refractivity (Wildman–Crippen MR) is 95.1 cm³/mol. The van der Waals surface area contributed by atoms with E-state index in [4.69, 9.17) is 4.74 Å². The molecular weight excluding hydrogens is 348 g/mol. The molecule has 0 aromatic rings. The lowest BCUT2D eigenvalue weighted by Gasteiger charge is -2.33. The van der Waals surface area contributed by atoms with E-state index in [-0.39, 0.29) is 6.42 Å². The van der Waals surface area contributed by atoms with Gasteiger partial charge in [0.15, 0.2) is 4.93 Å². The summed E-state index contributed by atoms with van der Waals surface area (Å²) in [5.41, 5.74) is -1.04. The largest absolute Gasteiger partial charge is 0.480 e. The predicted octanol–water partition coefficient (Wildman–Crippen LogP) is 1.95. The number of amides is 3. The van der Waals surface area contributed by atoms with Crippen molar-refractivity contribution in [2.75, 3.05) is 0 Å². The molecule has 0 aliphatic carbocycles. The number of carbonyl (C=O) groups is 4. The van der Waals surface area contributed by atoms with Gasteiger partial charge in [-0.2, -0.15) is 0 Å². The van der Waals surface area contributed by atoms with Crippen LogP contribution < -0.4 is 5.32 Å². The molecule has 25 heavy (non-hydrogen) atoms. The van der Waals surface area contributed by atoms with Gasteiger partial charge < -0.3 is 15.2 Å². The zero-order chi connectivity index (χ0) is 20.0. The third-order valence-corrected chi connectivity index (χ3v) is 3.02. The highest BCUT2D eigenvalue weighted by Crippen LogP contribution is 2.21. The summed E-state index contributed by atoms with van der Waals surface area (Å²) in [4.78, 5) is 46.2. The average molecular weight is 374 g/mol. The second kappa shape index (κ2) is 8.89. The molecule has 0 radical (unpaired) electrons. The van der Waals surface area contributed by atoms with Crippen LogP contribution in [0.15, 0.2) is 12.2 Å². The summed E-state index contributed by atoms with van der Waals surface area (Å²) in [6.45, 7) is 10.3. The average Bonchev–Trinajstić information content (AvgIpc) is 2.75. The summed E-state index contributed by atoms with van der Waals surface area (Å²) in [7, 11) is 0. The first-order valence-electron chi connectivity index (χ1n) is 7.84. The number of ether oxygens (including phenoxy) is 1. The molecule has 0 aromatic carbocycles. The molecule has 9 heteroatoms. The van der Waals surface area contributed by atoms with E-state index in [1.165, 1.54) is 0 Å². The molecule has 1 aliphatic heterocycles. The highest BCUT2D eigenvalue weighted by Gasteiger charge is 2.40. The van der Waals surface area contributed by atoms with Crippen LogP contribution in [0.25, 0.3) is 0 Å². The van der Waals surface area contributed by atoms with Crippen molar-refractivity contribution < 1.29 is 29.0 Å². The lowest BCUT2D eigenvalue weighted by molar-refractivity contribution is -0.154. The van der Waals surface area contributed by atoms with E-state index in [1.54, 1.807) is 27.7 Å². The van der Waals surface area contributed by atoms with E-state index in [2.05, 4.69) is 17.9 Å². The van der Waals surface area contributed by atoms with Gasteiger partial charge in [-0.15, -0.1) is 12.6 Å². The van der Waals surface area contributed by atoms with Gasteiger partial charge in [-0.05, 0) is 27.7 Å². The summed E-state index contributed by atoms with van der Waals surface area (Å²) >= 11 is 4.06. The van der Waals surface area contributed by atoms with Crippen molar-refractivity contribution in [3.05, 3.63) is 12.2 Å². The maximum atomic E-state index is 11.8. The summed E-state index contributed by atoms with van der Waals surface area (Å²) in [6.07, 6.45) is 1.06. The lowest BCUT2D eigenvalue weighted by Crippen LogP contribution is -2.53. The fourth-order valence-corrected chi connectivity index (χ4v) is 2.15. The zero-order valence-corrected chi connectivity index (χ0v) is 16.2. The molecular formula is C16H26N2O6S. The number of imide groups is 1. The van der Waals surface area contributed by atoms with E-state index >= 15 is 0 Å². The number of alkyl carbamates (subject to hydrolysis) is 1. The number of carboxylic acids is 1. The number of nitrogens with one attached hydrogen (secondary N) is 1. The Bertz CT molecular complexity index is 547. The van der Waals surface area contributed by atoms with Crippen molar-refractivity contribution in [3.63, 3.8) is 0 Å². The zero-order valence-electron chi connectivity index (χ0n) is 15.3. The standard InChI is InChI=1S/C14H20N2O6S.C2H6/c1-13(2,15-12(21)22-14(3,4)23)7-8(11(19)20)16-9(17)5-6-10(16)18;1-2/h5-6,8,23H,7H2,1-4H3,(H,15,21)(H,19,20);1-2H3. The molecule has 1 unspecified atom stereocenters. The summed E-state index contributed by atoms with van der Waals surface area (Å²) in [5, 5.41) is 11.8. The van der Waals surface area contributed by atoms with E-state index in [0.717, 1.165) is 12.2 Å². The first kappa shape index (κ1) is 23.0. The highest BCUT2D eigenvalue weighted by molar-refractivity contribution is 7.81. The monoisotopic (exact) mass is 374 g/mol. The smallest absolute Gasteiger partial charge is 0.408 e. The lowest BCUT2D eigenvalue weighted by atomic mass is 9.94. The summed E-state index contributed by atoms with van der Waals surface area (Å²) in [5.74, 6) is -2.73. The van der Waals surface area contributed by atoms with E-state index in [1.807, 2.05) is 13.8 Å². The molecule has 0 saturated carbocycles. The molecule has 1 heterocycles.